The lowest BCUT2D eigenvalue weighted by Gasteiger charge is -2.22. The first-order valence-electron chi connectivity index (χ1n) is 6.21. The number of rotatable bonds is 2. The second kappa shape index (κ2) is 5.53. The molecule has 1 unspecified atom stereocenters. The molecule has 0 N–H and O–H groups in total. The van der Waals surface area contributed by atoms with Gasteiger partial charge < -0.3 is 4.74 Å². The van der Waals surface area contributed by atoms with Gasteiger partial charge in [0.25, 0.3) is 0 Å². The monoisotopic (exact) mass is 292 g/mol. The zero-order valence-corrected chi connectivity index (χ0v) is 13.3. The SMILES string of the molecule is CC(C)(C)c1ccccc1Oc1cccc(P)c1Cl. The molecule has 2 aromatic rings. The van der Waals surface area contributed by atoms with Gasteiger partial charge in [0.05, 0.1) is 5.02 Å². The van der Waals surface area contributed by atoms with E-state index in [4.69, 9.17) is 16.3 Å². The van der Waals surface area contributed by atoms with Gasteiger partial charge in [0.1, 0.15) is 11.5 Å². The highest BCUT2D eigenvalue weighted by Crippen LogP contribution is 2.36. The van der Waals surface area contributed by atoms with Crippen molar-refractivity contribution in [3.05, 3.63) is 53.1 Å². The van der Waals surface area contributed by atoms with Crippen LogP contribution in [0.25, 0.3) is 0 Å². The Morgan fingerprint density at radius 2 is 1.58 bits per heavy atom. The Labute approximate surface area is 122 Å². The molecule has 1 nitrogen and oxygen atoms in total. The molecule has 0 radical (unpaired) electrons. The predicted molar refractivity (Wildman–Crippen MR) is 86.0 cm³/mol. The molecule has 0 aromatic heterocycles. The van der Waals surface area contributed by atoms with Crippen LogP contribution in [0.2, 0.25) is 5.02 Å². The molecule has 0 fully saturated rings. The van der Waals surface area contributed by atoms with E-state index in [1.54, 1.807) is 0 Å². The number of hydrogen-bond donors (Lipinski definition) is 0. The number of benzene rings is 2. The highest BCUT2D eigenvalue weighted by molar-refractivity contribution is 7.28. The highest BCUT2D eigenvalue weighted by Gasteiger charge is 2.19. The number of para-hydroxylation sites is 1. The number of ether oxygens (including phenoxy) is 1. The van der Waals surface area contributed by atoms with Gasteiger partial charge in [-0.05, 0) is 22.9 Å². The lowest BCUT2D eigenvalue weighted by atomic mass is 9.86. The van der Waals surface area contributed by atoms with Crippen molar-refractivity contribution in [3.63, 3.8) is 0 Å². The van der Waals surface area contributed by atoms with Crippen molar-refractivity contribution in [1.82, 2.24) is 0 Å². The first-order chi connectivity index (χ1) is 8.89. The van der Waals surface area contributed by atoms with E-state index in [1.807, 2.05) is 36.4 Å². The summed E-state index contributed by atoms with van der Waals surface area (Å²) in [6.07, 6.45) is 0. The van der Waals surface area contributed by atoms with Gasteiger partial charge in [0, 0.05) is 5.56 Å². The van der Waals surface area contributed by atoms with Crippen LogP contribution in [-0.2, 0) is 5.41 Å². The normalized spacial score (nSPS) is 11.4. The molecular formula is C16H18ClOP. The maximum atomic E-state index is 6.26. The lowest BCUT2D eigenvalue weighted by molar-refractivity contribution is 0.456. The Balaban J connectivity index is 2.42. The Bertz CT molecular complexity index is 588. The first kappa shape index (κ1) is 14.4. The van der Waals surface area contributed by atoms with E-state index in [9.17, 15) is 0 Å². The highest BCUT2D eigenvalue weighted by atomic mass is 35.5. The average molecular weight is 293 g/mol. The van der Waals surface area contributed by atoms with Gasteiger partial charge in [-0.15, -0.1) is 9.24 Å². The molecule has 3 heteroatoms. The number of hydrogen-bond acceptors (Lipinski definition) is 1. The second-order valence-electron chi connectivity index (χ2n) is 5.51. The molecule has 0 saturated carbocycles. The lowest BCUT2D eigenvalue weighted by Crippen LogP contribution is -2.12. The minimum Gasteiger partial charge on any atom is -0.455 e. The quantitative estimate of drug-likeness (QED) is 0.713. The van der Waals surface area contributed by atoms with Crippen molar-refractivity contribution >= 4 is 26.1 Å². The summed E-state index contributed by atoms with van der Waals surface area (Å²) in [6, 6.07) is 13.8. The van der Waals surface area contributed by atoms with Crippen molar-refractivity contribution in [2.24, 2.45) is 0 Å². The third kappa shape index (κ3) is 3.29. The predicted octanol–water partition coefficient (Wildman–Crippen LogP) is 4.93. The molecule has 0 spiro atoms. The molecule has 0 bridgehead atoms. The van der Waals surface area contributed by atoms with E-state index in [2.05, 4.69) is 36.1 Å². The van der Waals surface area contributed by atoms with Crippen LogP contribution in [0.5, 0.6) is 11.5 Å². The van der Waals surface area contributed by atoms with Crippen LogP contribution in [0.4, 0.5) is 0 Å². The summed E-state index contributed by atoms with van der Waals surface area (Å²) in [5.41, 5.74) is 1.20. The maximum Gasteiger partial charge on any atom is 0.146 e. The van der Waals surface area contributed by atoms with E-state index >= 15 is 0 Å². The molecular weight excluding hydrogens is 275 g/mol. The summed E-state index contributed by atoms with van der Waals surface area (Å²) in [4.78, 5) is 0. The van der Waals surface area contributed by atoms with Gasteiger partial charge in [-0.25, -0.2) is 0 Å². The zero-order valence-electron chi connectivity index (χ0n) is 11.4. The van der Waals surface area contributed by atoms with Gasteiger partial charge in [0.2, 0.25) is 0 Å². The molecule has 0 saturated heterocycles. The fraction of sp³-hybridized carbons (Fsp3) is 0.250. The van der Waals surface area contributed by atoms with E-state index in [-0.39, 0.29) is 5.41 Å². The minimum atomic E-state index is 0.0294. The summed E-state index contributed by atoms with van der Waals surface area (Å²) < 4.78 is 6.00. The summed E-state index contributed by atoms with van der Waals surface area (Å²) >= 11 is 6.26. The largest absolute Gasteiger partial charge is 0.455 e. The maximum absolute atomic E-state index is 6.26. The molecule has 2 rings (SSSR count). The van der Waals surface area contributed by atoms with Crippen molar-refractivity contribution in [1.29, 1.82) is 0 Å². The van der Waals surface area contributed by atoms with E-state index < -0.39 is 0 Å². The van der Waals surface area contributed by atoms with Gasteiger partial charge in [-0.2, -0.15) is 0 Å². The van der Waals surface area contributed by atoms with Gasteiger partial charge in [-0.1, -0.05) is 62.7 Å². The third-order valence-corrected chi connectivity index (χ3v) is 3.98. The van der Waals surface area contributed by atoms with Gasteiger partial charge in [0.15, 0.2) is 0 Å². The molecule has 2 aromatic carbocycles. The Hall–Kier alpha value is -1.04. The topological polar surface area (TPSA) is 9.23 Å². The third-order valence-electron chi connectivity index (χ3n) is 2.91. The fourth-order valence-electron chi connectivity index (χ4n) is 1.90. The standard InChI is InChI=1S/C16H18ClOP/c1-16(2,3)11-7-4-5-8-12(11)18-13-9-6-10-14(19)15(13)17/h4-10H,19H2,1-3H3. The van der Waals surface area contributed by atoms with Crippen molar-refractivity contribution in [2.75, 3.05) is 0 Å². The van der Waals surface area contributed by atoms with E-state index in [0.717, 1.165) is 11.1 Å². The molecule has 19 heavy (non-hydrogen) atoms. The molecule has 100 valence electrons. The van der Waals surface area contributed by atoms with Crippen LogP contribution >= 0.6 is 20.8 Å². The Morgan fingerprint density at radius 1 is 0.947 bits per heavy atom. The molecule has 0 aliphatic carbocycles. The van der Waals surface area contributed by atoms with Crippen molar-refractivity contribution < 1.29 is 4.74 Å². The van der Waals surface area contributed by atoms with Crippen LogP contribution in [0.15, 0.2) is 42.5 Å². The van der Waals surface area contributed by atoms with Crippen LogP contribution in [-0.4, -0.2) is 0 Å². The van der Waals surface area contributed by atoms with Gasteiger partial charge in [-0.3, -0.25) is 0 Å². The molecule has 0 heterocycles. The summed E-state index contributed by atoms with van der Waals surface area (Å²) in [7, 11) is 2.61. The summed E-state index contributed by atoms with van der Waals surface area (Å²) in [6.45, 7) is 6.51. The van der Waals surface area contributed by atoms with Crippen molar-refractivity contribution in [2.45, 2.75) is 26.2 Å². The van der Waals surface area contributed by atoms with Crippen LogP contribution in [0.3, 0.4) is 0 Å². The van der Waals surface area contributed by atoms with Crippen LogP contribution < -0.4 is 10.0 Å². The minimum absolute atomic E-state index is 0.0294. The smallest absolute Gasteiger partial charge is 0.146 e. The Morgan fingerprint density at radius 3 is 2.26 bits per heavy atom. The molecule has 0 aliphatic rings. The van der Waals surface area contributed by atoms with Crippen molar-refractivity contribution in [3.8, 4) is 11.5 Å². The molecule has 0 amide bonds. The number of halogens is 1. The summed E-state index contributed by atoms with van der Waals surface area (Å²) in [5, 5.41) is 1.57. The fourth-order valence-corrected chi connectivity index (χ4v) is 2.32. The summed E-state index contributed by atoms with van der Waals surface area (Å²) in [5.74, 6) is 1.54. The molecule has 0 aliphatic heterocycles. The van der Waals surface area contributed by atoms with Gasteiger partial charge >= 0.3 is 0 Å². The van der Waals surface area contributed by atoms with E-state index in [0.29, 0.717) is 10.8 Å². The molecule has 1 atom stereocenters. The van der Waals surface area contributed by atoms with Crippen LogP contribution in [0.1, 0.15) is 26.3 Å². The Kier molecular flexibility index (Phi) is 4.18. The van der Waals surface area contributed by atoms with E-state index in [1.165, 1.54) is 5.56 Å². The first-order valence-corrected chi connectivity index (χ1v) is 7.16. The van der Waals surface area contributed by atoms with Crippen LogP contribution in [0, 0.1) is 0 Å². The average Bonchev–Trinajstić information content (AvgIpc) is 2.34. The zero-order chi connectivity index (χ0) is 14.0. The second-order valence-corrected chi connectivity index (χ2v) is 6.51.